The maximum absolute atomic E-state index is 11.9. The molecule has 1 amide bonds. The van der Waals surface area contributed by atoms with Crippen LogP contribution < -0.4 is 5.32 Å². The Bertz CT molecular complexity index is 567. The number of aryl methyl sites for hydroxylation is 1. The second-order valence-corrected chi connectivity index (χ2v) is 5.69. The number of benzene rings is 1. The molecule has 1 N–H and O–H groups in total. The minimum Gasteiger partial charge on any atom is -0.321 e. The number of rotatable bonds is 2. The minimum atomic E-state index is -0.133. The Labute approximate surface area is 117 Å². The molecule has 88 valence electrons. The third-order valence-corrected chi connectivity index (χ3v) is 4.50. The Kier molecular flexibility index (Phi) is 3.86. The monoisotopic (exact) mass is 329 g/mol. The zero-order valence-corrected chi connectivity index (χ0v) is 12.1. The topological polar surface area (TPSA) is 29.1 Å². The van der Waals surface area contributed by atoms with E-state index in [4.69, 9.17) is 11.6 Å². The van der Waals surface area contributed by atoms with Crippen LogP contribution in [0.4, 0.5) is 5.69 Å². The summed E-state index contributed by atoms with van der Waals surface area (Å²) in [4.78, 5) is 12.6. The zero-order chi connectivity index (χ0) is 12.4. The fourth-order valence-corrected chi connectivity index (χ4v) is 2.94. The molecule has 1 aromatic carbocycles. The molecule has 2 nitrogen and oxygen atoms in total. The van der Waals surface area contributed by atoms with Gasteiger partial charge in [-0.2, -0.15) is 0 Å². The second kappa shape index (κ2) is 5.21. The third kappa shape index (κ3) is 2.89. The van der Waals surface area contributed by atoms with Gasteiger partial charge in [-0.25, -0.2) is 0 Å². The van der Waals surface area contributed by atoms with Gasteiger partial charge in [0.25, 0.3) is 5.91 Å². The number of hydrogen-bond acceptors (Lipinski definition) is 2. The normalized spacial score (nSPS) is 10.3. The Morgan fingerprint density at radius 2 is 2.18 bits per heavy atom. The summed E-state index contributed by atoms with van der Waals surface area (Å²) < 4.78 is 0.804. The van der Waals surface area contributed by atoms with E-state index in [9.17, 15) is 4.79 Å². The zero-order valence-electron chi connectivity index (χ0n) is 8.96. The van der Waals surface area contributed by atoms with E-state index in [-0.39, 0.29) is 5.91 Å². The van der Waals surface area contributed by atoms with Gasteiger partial charge in [-0.05, 0) is 52.0 Å². The van der Waals surface area contributed by atoms with Crippen molar-refractivity contribution in [3.05, 3.63) is 49.6 Å². The highest BCUT2D eigenvalue weighted by atomic mass is 79.9. The average molecular weight is 331 g/mol. The number of amides is 1. The summed E-state index contributed by atoms with van der Waals surface area (Å²) in [6.45, 7) is 1.92. The first-order valence-corrected chi connectivity index (χ1v) is 6.93. The van der Waals surface area contributed by atoms with Gasteiger partial charge < -0.3 is 5.32 Å². The van der Waals surface area contributed by atoms with Crippen LogP contribution in [0, 0.1) is 6.92 Å². The Hall–Kier alpha value is -0.840. The molecule has 0 aliphatic rings. The van der Waals surface area contributed by atoms with Crippen LogP contribution in [0.15, 0.2) is 34.1 Å². The van der Waals surface area contributed by atoms with Gasteiger partial charge in [-0.1, -0.05) is 17.7 Å². The lowest BCUT2D eigenvalue weighted by molar-refractivity contribution is 0.103. The van der Waals surface area contributed by atoms with Gasteiger partial charge in [-0.3, -0.25) is 4.79 Å². The molecule has 5 heteroatoms. The van der Waals surface area contributed by atoms with E-state index in [2.05, 4.69) is 21.2 Å². The van der Waals surface area contributed by atoms with Gasteiger partial charge in [0.05, 0.1) is 0 Å². The van der Waals surface area contributed by atoms with E-state index in [0.717, 1.165) is 10.0 Å². The Morgan fingerprint density at radius 1 is 1.41 bits per heavy atom. The van der Waals surface area contributed by atoms with Gasteiger partial charge in [0.2, 0.25) is 0 Å². The third-order valence-electron chi connectivity index (χ3n) is 2.25. The molecule has 0 saturated carbocycles. The summed E-state index contributed by atoms with van der Waals surface area (Å²) in [6, 6.07) is 7.31. The molecule has 0 aliphatic carbocycles. The number of hydrogen-bond donors (Lipinski definition) is 1. The number of carbonyl (C=O) groups is 1. The van der Waals surface area contributed by atoms with Crippen LogP contribution in [0.2, 0.25) is 5.02 Å². The smallest absolute Gasteiger partial charge is 0.266 e. The molecule has 0 atom stereocenters. The van der Waals surface area contributed by atoms with Crippen LogP contribution in [0.25, 0.3) is 0 Å². The van der Waals surface area contributed by atoms with Gasteiger partial charge in [0.1, 0.15) is 4.88 Å². The molecule has 0 saturated heterocycles. The average Bonchev–Trinajstić information content (AvgIpc) is 2.70. The number of nitrogens with one attached hydrogen (secondary N) is 1. The quantitative estimate of drug-likeness (QED) is 0.847. The fraction of sp³-hybridized carbons (Fsp3) is 0.0833. The predicted octanol–water partition coefficient (Wildman–Crippen LogP) is 4.72. The molecule has 17 heavy (non-hydrogen) atoms. The molecule has 0 spiro atoms. The van der Waals surface area contributed by atoms with E-state index >= 15 is 0 Å². The van der Waals surface area contributed by atoms with Crippen molar-refractivity contribution in [1.82, 2.24) is 0 Å². The molecular formula is C12H9BrClNOS. The Balaban J connectivity index is 2.19. The number of carbonyl (C=O) groups excluding carboxylic acids is 1. The number of anilines is 1. The van der Waals surface area contributed by atoms with E-state index in [1.54, 1.807) is 6.07 Å². The van der Waals surface area contributed by atoms with Crippen molar-refractivity contribution in [2.75, 3.05) is 5.32 Å². The van der Waals surface area contributed by atoms with E-state index in [1.165, 1.54) is 11.3 Å². The summed E-state index contributed by atoms with van der Waals surface area (Å²) in [5.74, 6) is -0.133. The summed E-state index contributed by atoms with van der Waals surface area (Å²) in [6.07, 6.45) is 0. The summed E-state index contributed by atoms with van der Waals surface area (Å²) in [5.41, 5.74) is 1.69. The highest BCUT2D eigenvalue weighted by molar-refractivity contribution is 9.10. The first-order valence-electron chi connectivity index (χ1n) is 4.88. The Morgan fingerprint density at radius 3 is 2.76 bits per heavy atom. The van der Waals surface area contributed by atoms with Crippen LogP contribution in [-0.4, -0.2) is 5.91 Å². The van der Waals surface area contributed by atoms with Crippen molar-refractivity contribution in [1.29, 1.82) is 0 Å². The van der Waals surface area contributed by atoms with Crippen molar-refractivity contribution >= 4 is 50.5 Å². The minimum absolute atomic E-state index is 0.133. The summed E-state index contributed by atoms with van der Waals surface area (Å²) in [7, 11) is 0. The van der Waals surface area contributed by atoms with Crippen molar-refractivity contribution in [3.8, 4) is 0 Å². The molecule has 0 radical (unpaired) electrons. The first kappa shape index (κ1) is 12.6. The lowest BCUT2D eigenvalue weighted by Gasteiger charge is -2.06. The van der Waals surface area contributed by atoms with Crippen LogP contribution in [0.3, 0.4) is 0 Å². The van der Waals surface area contributed by atoms with E-state index < -0.39 is 0 Å². The molecule has 0 bridgehead atoms. The molecule has 0 fully saturated rings. The van der Waals surface area contributed by atoms with Crippen LogP contribution in [-0.2, 0) is 0 Å². The molecule has 1 aromatic heterocycles. The number of thiophene rings is 1. The standard InChI is InChI=1S/C12H9BrClNOS/c1-7-2-3-8(6-10(7)14)15-12(16)11-9(13)4-5-17-11/h2-6H,1H3,(H,15,16). The van der Waals surface area contributed by atoms with Crippen molar-refractivity contribution in [3.63, 3.8) is 0 Å². The lowest BCUT2D eigenvalue weighted by atomic mass is 10.2. The van der Waals surface area contributed by atoms with Gasteiger partial charge >= 0.3 is 0 Å². The van der Waals surface area contributed by atoms with E-state index in [0.29, 0.717) is 15.6 Å². The molecule has 0 unspecified atom stereocenters. The van der Waals surface area contributed by atoms with Crippen LogP contribution >= 0.6 is 38.9 Å². The molecule has 2 rings (SSSR count). The van der Waals surface area contributed by atoms with Gasteiger partial charge in [-0.15, -0.1) is 11.3 Å². The largest absolute Gasteiger partial charge is 0.321 e. The van der Waals surface area contributed by atoms with Crippen LogP contribution in [0.5, 0.6) is 0 Å². The summed E-state index contributed by atoms with van der Waals surface area (Å²) in [5, 5.41) is 5.32. The predicted molar refractivity (Wildman–Crippen MR) is 76.2 cm³/mol. The number of halogens is 2. The van der Waals surface area contributed by atoms with Crippen molar-refractivity contribution < 1.29 is 4.79 Å². The van der Waals surface area contributed by atoms with E-state index in [1.807, 2.05) is 30.5 Å². The van der Waals surface area contributed by atoms with Crippen LogP contribution in [0.1, 0.15) is 15.2 Å². The second-order valence-electron chi connectivity index (χ2n) is 3.52. The molecule has 0 aliphatic heterocycles. The highest BCUT2D eigenvalue weighted by Crippen LogP contribution is 2.25. The maximum Gasteiger partial charge on any atom is 0.266 e. The molecule has 1 heterocycles. The first-order chi connectivity index (χ1) is 8.08. The maximum atomic E-state index is 11.9. The SMILES string of the molecule is Cc1ccc(NC(=O)c2sccc2Br)cc1Cl. The summed E-state index contributed by atoms with van der Waals surface area (Å²) >= 11 is 10.7. The van der Waals surface area contributed by atoms with Crippen molar-refractivity contribution in [2.45, 2.75) is 6.92 Å². The van der Waals surface area contributed by atoms with Gasteiger partial charge in [0.15, 0.2) is 0 Å². The highest BCUT2D eigenvalue weighted by Gasteiger charge is 2.11. The fourth-order valence-electron chi connectivity index (χ4n) is 1.31. The lowest BCUT2D eigenvalue weighted by Crippen LogP contribution is -2.10. The molecule has 2 aromatic rings. The molecular weight excluding hydrogens is 322 g/mol. The van der Waals surface area contributed by atoms with Crippen molar-refractivity contribution in [2.24, 2.45) is 0 Å². The van der Waals surface area contributed by atoms with Gasteiger partial charge in [0, 0.05) is 15.2 Å².